The van der Waals surface area contributed by atoms with Crippen LogP contribution in [0.2, 0.25) is 0 Å². The number of amides is 2. The molecular weight excluding hydrogens is 430 g/mol. The van der Waals surface area contributed by atoms with Crippen molar-refractivity contribution in [3.05, 3.63) is 93.8 Å². The molecule has 33 heavy (non-hydrogen) atoms. The van der Waals surface area contributed by atoms with E-state index >= 15 is 0 Å². The smallest absolute Gasteiger partial charge is 0.262 e. The lowest BCUT2D eigenvalue weighted by atomic mass is 9.84. The molecule has 1 atom stereocenters. The molecule has 0 saturated heterocycles. The van der Waals surface area contributed by atoms with Gasteiger partial charge in [0.05, 0.1) is 4.88 Å². The quantitative estimate of drug-likeness (QED) is 0.348. The Morgan fingerprint density at radius 3 is 2.64 bits per heavy atom. The highest BCUT2D eigenvalue weighted by molar-refractivity contribution is 7.12. The van der Waals surface area contributed by atoms with Crippen LogP contribution in [-0.4, -0.2) is 29.4 Å². The fraction of sp³-hybridized carbons (Fsp3) is 0.259. The summed E-state index contributed by atoms with van der Waals surface area (Å²) in [6.45, 7) is 6.76. The minimum atomic E-state index is -0.688. The molecule has 4 rings (SSSR count). The first-order valence-corrected chi connectivity index (χ1v) is 12.0. The van der Waals surface area contributed by atoms with Crippen LogP contribution in [-0.2, 0) is 16.6 Å². The molecule has 0 fully saturated rings. The van der Waals surface area contributed by atoms with Crippen LogP contribution >= 0.6 is 11.3 Å². The topological polar surface area (TPSA) is 74.0 Å². The number of benzene rings is 2. The van der Waals surface area contributed by atoms with E-state index in [0.29, 0.717) is 17.8 Å². The van der Waals surface area contributed by atoms with Gasteiger partial charge in [0.1, 0.15) is 6.04 Å². The Hall–Kier alpha value is -3.38. The molecule has 0 bridgehead atoms. The summed E-state index contributed by atoms with van der Waals surface area (Å²) in [5.74, 6) is -0.422. The SMILES string of the molecule is Cc1cccc(C(C)(C)CNC(=O)C(Cc2c[nH]c3ccccc23)NC(=O)c2cccs2)c1. The molecule has 6 heteroatoms. The summed E-state index contributed by atoms with van der Waals surface area (Å²) in [5, 5.41) is 8.96. The third kappa shape index (κ3) is 5.34. The van der Waals surface area contributed by atoms with Crippen LogP contribution in [0.25, 0.3) is 10.9 Å². The number of thiophene rings is 1. The average molecular weight is 460 g/mol. The first kappa shape index (κ1) is 22.8. The van der Waals surface area contributed by atoms with E-state index in [1.54, 1.807) is 6.07 Å². The van der Waals surface area contributed by atoms with Crippen LogP contribution < -0.4 is 10.6 Å². The van der Waals surface area contributed by atoms with Crippen LogP contribution in [0.3, 0.4) is 0 Å². The van der Waals surface area contributed by atoms with Crippen LogP contribution in [0, 0.1) is 6.92 Å². The number of carbonyl (C=O) groups is 2. The van der Waals surface area contributed by atoms with Crippen molar-refractivity contribution in [2.45, 2.75) is 38.6 Å². The van der Waals surface area contributed by atoms with Gasteiger partial charge in [-0.25, -0.2) is 0 Å². The summed E-state index contributed by atoms with van der Waals surface area (Å²) in [6.07, 6.45) is 2.32. The molecule has 0 aliphatic heterocycles. The maximum Gasteiger partial charge on any atom is 0.262 e. The van der Waals surface area contributed by atoms with Crippen molar-refractivity contribution in [2.75, 3.05) is 6.54 Å². The van der Waals surface area contributed by atoms with Crippen LogP contribution in [0.15, 0.2) is 72.2 Å². The fourth-order valence-corrected chi connectivity index (χ4v) is 4.59. The average Bonchev–Trinajstić information content (AvgIpc) is 3.48. The molecule has 2 heterocycles. The lowest BCUT2D eigenvalue weighted by molar-refractivity contribution is -0.123. The Bertz CT molecular complexity index is 1260. The lowest BCUT2D eigenvalue weighted by Gasteiger charge is -2.27. The van der Waals surface area contributed by atoms with Crippen molar-refractivity contribution in [1.29, 1.82) is 0 Å². The second kappa shape index (κ2) is 9.63. The fourth-order valence-electron chi connectivity index (χ4n) is 3.97. The number of aromatic amines is 1. The van der Waals surface area contributed by atoms with Crippen molar-refractivity contribution in [3.8, 4) is 0 Å². The zero-order chi connectivity index (χ0) is 23.4. The molecule has 0 spiro atoms. The van der Waals surface area contributed by atoms with Gasteiger partial charge in [0.25, 0.3) is 5.91 Å². The van der Waals surface area contributed by atoms with Gasteiger partial charge in [0, 0.05) is 35.5 Å². The van der Waals surface area contributed by atoms with Crippen molar-refractivity contribution < 1.29 is 9.59 Å². The molecule has 2 amide bonds. The first-order chi connectivity index (χ1) is 15.8. The van der Waals surface area contributed by atoms with Crippen molar-refractivity contribution in [3.63, 3.8) is 0 Å². The van der Waals surface area contributed by atoms with Gasteiger partial charge in [-0.15, -0.1) is 11.3 Å². The normalized spacial score (nSPS) is 12.5. The molecule has 0 aliphatic carbocycles. The number of aryl methyl sites for hydroxylation is 1. The maximum atomic E-state index is 13.3. The Morgan fingerprint density at radius 1 is 1.06 bits per heavy atom. The molecule has 3 N–H and O–H groups in total. The third-order valence-electron chi connectivity index (χ3n) is 5.97. The number of fused-ring (bicyclic) bond motifs is 1. The number of para-hydroxylation sites is 1. The van der Waals surface area contributed by atoms with E-state index in [1.165, 1.54) is 22.5 Å². The minimum absolute atomic E-state index is 0.189. The number of aromatic nitrogens is 1. The lowest BCUT2D eigenvalue weighted by Crippen LogP contribution is -2.50. The maximum absolute atomic E-state index is 13.3. The molecule has 0 aliphatic rings. The highest BCUT2D eigenvalue weighted by atomic mass is 32.1. The van der Waals surface area contributed by atoms with Gasteiger partial charge in [-0.1, -0.05) is 67.9 Å². The molecule has 0 saturated carbocycles. The number of nitrogens with one attached hydrogen (secondary N) is 3. The monoisotopic (exact) mass is 459 g/mol. The molecular formula is C27H29N3O2S. The van der Waals surface area contributed by atoms with Gasteiger partial charge >= 0.3 is 0 Å². The van der Waals surface area contributed by atoms with Gasteiger partial charge in [-0.05, 0) is 35.6 Å². The number of H-pyrrole nitrogens is 1. The van der Waals surface area contributed by atoms with Gasteiger partial charge in [0.15, 0.2) is 0 Å². The predicted octanol–water partition coefficient (Wildman–Crippen LogP) is 4.97. The molecule has 4 aromatic rings. The second-order valence-corrected chi connectivity index (χ2v) is 9.99. The molecule has 1 unspecified atom stereocenters. The minimum Gasteiger partial charge on any atom is -0.361 e. The van der Waals surface area contributed by atoms with Crippen molar-refractivity contribution in [2.24, 2.45) is 0 Å². The van der Waals surface area contributed by atoms with Crippen LogP contribution in [0.1, 0.15) is 40.2 Å². The number of carbonyl (C=O) groups excluding carboxylic acids is 2. The summed E-state index contributed by atoms with van der Waals surface area (Å²) in [7, 11) is 0. The molecule has 5 nitrogen and oxygen atoms in total. The summed E-state index contributed by atoms with van der Waals surface area (Å²) in [6, 6.07) is 19.2. The summed E-state index contributed by atoms with van der Waals surface area (Å²) in [5.41, 5.74) is 4.11. The Morgan fingerprint density at radius 2 is 1.88 bits per heavy atom. The second-order valence-electron chi connectivity index (χ2n) is 9.04. The van der Waals surface area contributed by atoms with E-state index in [0.717, 1.165) is 16.5 Å². The van der Waals surface area contributed by atoms with Gasteiger partial charge < -0.3 is 15.6 Å². The standard InChI is InChI=1S/C27H29N3O2S/c1-18-8-6-9-20(14-18)27(2,3)17-29-25(31)23(30-26(32)24-12-7-13-33-24)15-19-16-28-22-11-5-4-10-21(19)22/h4-14,16,23,28H,15,17H2,1-3H3,(H,29,31)(H,30,32). The van der Waals surface area contributed by atoms with E-state index in [9.17, 15) is 9.59 Å². The zero-order valence-electron chi connectivity index (χ0n) is 19.1. The first-order valence-electron chi connectivity index (χ1n) is 11.1. The number of rotatable bonds is 8. The van der Waals surface area contributed by atoms with E-state index in [4.69, 9.17) is 0 Å². The Kier molecular flexibility index (Phi) is 6.65. The highest BCUT2D eigenvalue weighted by Crippen LogP contribution is 2.24. The van der Waals surface area contributed by atoms with E-state index in [-0.39, 0.29) is 17.2 Å². The molecule has 2 aromatic carbocycles. The van der Waals surface area contributed by atoms with Crippen LogP contribution in [0.5, 0.6) is 0 Å². The number of hydrogen-bond acceptors (Lipinski definition) is 3. The van der Waals surface area contributed by atoms with Gasteiger partial charge in [0.2, 0.25) is 5.91 Å². The summed E-state index contributed by atoms with van der Waals surface area (Å²) < 4.78 is 0. The predicted molar refractivity (Wildman–Crippen MR) is 135 cm³/mol. The van der Waals surface area contributed by atoms with E-state index in [1.807, 2.05) is 48.0 Å². The third-order valence-corrected chi connectivity index (χ3v) is 6.84. The van der Waals surface area contributed by atoms with Crippen LogP contribution in [0.4, 0.5) is 0 Å². The van der Waals surface area contributed by atoms with E-state index < -0.39 is 6.04 Å². The van der Waals surface area contributed by atoms with Gasteiger partial charge in [-0.2, -0.15) is 0 Å². The summed E-state index contributed by atoms with van der Waals surface area (Å²) >= 11 is 1.36. The highest BCUT2D eigenvalue weighted by Gasteiger charge is 2.27. The Balaban J connectivity index is 1.52. The largest absolute Gasteiger partial charge is 0.361 e. The Labute approximate surface area is 198 Å². The molecule has 170 valence electrons. The van der Waals surface area contributed by atoms with Crippen molar-refractivity contribution in [1.82, 2.24) is 15.6 Å². The van der Waals surface area contributed by atoms with Crippen molar-refractivity contribution >= 4 is 34.1 Å². The summed E-state index contributed by atoms with van der Waals surface area (Å²) in [4.78, 5) is 30.0. The number of hydrogen-bond donors (Lipinski definition) is 3. The molecule has 0 radical (unpaired) electrons. The molecule has 2 aromatic heterocycles. The van der Waals surface area contributed by atoms with Gasteiger partial charge in [-0.3, -0.25) is 9.59 Å². The van der Waals surface area contributed by atoms with E-state index in [2.05, 4.69) is 54.6 Å². The zero-order valence-corrected chi connectivity index (χ0v) is 20.0.